The molecule has 0 spiro atoms. The molecule has 1 aliphatic heterocycles. The highest BCUT2D eigenvalue weighted by Crippen LogP contribution is 2.44. The van der Waals surface area contributed by atoms with Gasteiger partial charge in [0.15, 0.2) is 11.5 Å². The van der Waals surface area contributed by atoms with Gasteiger partial charge in [-0.15, -0.1) is 0 Å². The Morgan fingerprint density at radius 1 is 1.22 bits per heavy atom. The molecule has 1 amide bonds. The fourth-order valence-electron chi connectivity index (χ4n) is 3.22. The van der Waals surface area contributed by atoms with Gasteiger partial charge in [-0.3, -0.25) is 4.79 Å². The predicted octanol–water partition coefficient (Wildman–Crippen LogP) is 3.14. The van der Waals surface area contributed by atoms with E-state index in [9.17, 15) is 4.79 Å². The first-order chi connectivity index (χ1) is 10.7. The van der Waals surface area contributed by atoms with E-state index in [1.54, 1.807) is 20.3 Å². The highest BCUT2D eigenvalue weighted by atomic mass is 79.9. The molecule has 23 heavy (non-hydrogen) atoms. The first-order valence-electron chi connectivity index (χ1n) is 7.56. The maximum atomic E-state index is 12.8. The molecule has 0 bridgehead atoms. The number of methoxy groups -OCH3 is 2. The van der Waals surface area contributed by atoms with Gasteiger partial charge in [-0.25, -0.2) is 0 Å². The fourth-order valence-corrected chi connectivity index (χ4v) is 3.93. The first-order valence-corrected chi connectivity index (χ1v) is 8.47. The highest BCUT2D eigenvalue weighted by Gasteiger charge is 2.39. The molecule has 0 radical (unpaired) electrons. The summed E-state index contributed by atoms with van der Waals surface area (Å²) in [5.41, 5.74) is 1.58. The lowest BCUT2D eigenvalue weighted by atomic mass is 9.92. The highest BCUT2D eigenvalue weighted by molar-refractivity contribution is 9.09. The van der Waals surface area contributed by atoms with Crippen LogP contribution in [0.5, 0.6) is 11.5 Å². The molecule has 1 unspecified atom stereocenters. The van der Waals surface area contributed by atoms with Crippen molar-refractivity contribution in [3.63, 3.8) is 0 Å². The van der Waals surface area contributed by atoms with Gasteiger partial charge in [0.1, 0.15) is 4.95 Å². The second-order valence-corrected chi connectivity index (χ2v) is 7.83. The van der Waals surface area contributed by atoms with Crippen LogP contribution in [0.15, 0.2) is 12.1 Å². The van der Waals surface area contributed by atoms with Crippen molar-refractivity contribution in [3.8, 4) is 11.5 Å². The second kappa shape index (κ2) is 6.69. The lowest BCUT2D eigenvalue weighted by Gasteiger charge is -2.34. The van der Waals surface area contributed by atoms with Crippen molar-refractivity contribution >= 4 is 21.8 Å². The number of halogens is 1. The number of fused-ring (bicyclic) bond motifs is 1. The first kappa shape index (κ1) is 18.1. The standard InChI is InChI=1S/C17H25BrN2O3/c1-17(2,9-19(3)4)10-20-15(18)11-7-13(22-5)14(23-6)8-12(11)16(20)21/h7-8,15H,9-10H2,1-6H3. The Bertz CT molecular complexity index is 602. The molecule has 1 aromatic rings. The van der Waals surface area contributed by atoms with E-state index in [-0.39, 0.29) is 16.3 Å². The van der Waals surface area contributed by atoms with E-state index in [4.69, 9.17) is 9.47 Å². The van der Waals surface area contributed by atoms with Crippen LogP contribution in [0.4, 0.5) is 0 Å². The fraction of sp³-hybridized carbons (Fsp3) is 0.588. The zero-order valence-electron chi connectivity index (χ0n) is 14.6. The van der Waals surface area contributed by atoms with Gasteiger partial charge >= 0.3 is 0 Å². The number of rotatable bonds is 6. The van der Waals surface area contributed by atoms with Gasteiger partial charge in [0.05, 0.1) is 14.2 Å². The lowest BCUT2D eigenvalue weighted by molar-refractivity contribution is 0.0680. The van der Waals surface area contributed by atoms with Crippen molar-refractivity contribution in [1.29, 1.82) is 0 Å². The molecule has 0 N–H and O–H groups in total. The molecule has 128 valence electrons. The zero-order chi connectivity index (χ0) is 17.4. The van der Waals surface area contributed by atoms with Gasteiger partial charge < -0.3 is 19.3 Å². The largest absolute Gasteiger partial charge is 0.493 e. The number of amides is 1. The minimum absolute atomic E-state index is 0.0125. The SMILES string of the molecule is COc1cc2c(cc1OC)C(Br)N(CC(C)(C)CN(C)C)C2=O. The molecule has 0 fully saturated rings. The van der Waals surface area contributed by atoms with Crippen LogP contribution in [-0.4, -0.2) is 57.1 Å². The molecule has 0 aliphatic carbocycles. The molecule has 5 nitrogen and oxygen atoms in total. The summed E-state index contributed by atoms with van der Waals surface area (Å²) in [4.78, 5) is 16.7. The van der Waals surface area contributed by atoms with E-state index in [0.29, 0.717) is 23.6 Å². The van der Waals surface area contributed by atoms with Crippen molar-refractivity contribution in [2.45, 2.75) is 18.8 Å². The summed E-state index contributed by atoms with van der Waals surface area (Å²) < 4.78 is 10.7. The van der Waals surface area contributed by atoms with Crippen LogP contribution < -0.4 is 9.47 Å². The van der Waals surface area contributed by atoms with Crippen LogP contribution in [0, 0.1) is 5.41 Å². The number of carbonyl (C=O) groups is 1. The molecule has 1 atom stereocenters. The predicted molar refractivity (Wildman–Crippen MR) is 94.6 cm³/mol. The summed E-state index contributed by atoms with van der Waals surface area (Å²) in [6.45, 7) is 5.91. The Morgan fingerprint density at radius 2 is 1.78 bits per heavy atom. The van der Waals surface area contributed by atoms with Crippen LogP contribution in [0.3, 0.4) is 0 Å². The van der Waals surface area contributed by atoms with Crippen molar-refractivity contribution in [3.05, 3.63) is 23.3 Å². The lowest BCUT2D eigenvalue weighted by Crippen LogP contribution is -2.40. The maximum absolute atomic E-state index is 12.8. The van der Waals surface area contributed by atoms with Crippen LogP contribution >= 0.6 is 15.9 Å². The number of ether oxygens (including phenoxy) is 2. The molecule has 2 rings (SSSR count). The topological polar surface area (TPSA) is 42.0 Å². The average molecular weight is 385 g/mol. The van der Waals surface area contributed by atoms with Crippen molar-refractivity contribution in [2.75, 3.05) is 41.4 Å². The third-order valence-corrected chi connectivity index (χ3v) is 4.91. The van der Waals surface area contributed by atoms with E-state index in [0.717, 1.165) is 12.1 Å². The molecule has 1 heterocycles. The van der Waals surface area contributed by atoms with Crippen LogP contribution in [-0.2, 0) is 0 Å². The zero-order valence-corrected chi connectivity index (χ0v) is 16.2. The maximum Gasteiger partial charge on any atom is 0.255 e. The minimum Gasteiger partial charge on any atom is -0.493 e. The van der Waals surface area contributed by atoms with Crippen LogP contribution in [0.1, 0.15) is 34.7 Å². The summed E-state index contributed by atoms with van der Waals surface area (Å²) in [7, 11) is 7.27. The van der Waals surface area contributed by atoms with Crippen LogP contribution in [0.2, 0.25) is 0 Å². The molecule has 0 saturated heterocycles. The molecule has 0 aromatic heterocycles. The Labute approximate surface area is 146 Å². The number of hydrogen-bond acceptors (Lipinski definition) is 4. The van der Waals surface area contributed by atoms with Gasteiger partial charge in [-0.1, -0.05) is 29.8 Å². The Kier molecular flexibility index (Phi) is 5.26. The molecule has 1 aromatic carbocycles. The number of hydrogen-bond donors (Lipinski definition) is 0. The number of alkyl halides is 1. The summed E-state index contributed by atoms with van der Waals surface area (Å²) in [5, 5.41) is 0. The Hall–Kier alpha value is -1.27. The average Bonchev–Trinajstić information content (AvgIpc) is 2.68. The second-order valence-electron chi connectivity index (χ2n) is 6.97. The number of nitrogens with zero attached hydrogens (tertiary/aromatic N) is 2. The smallest absolute Gasteiger partial charge is 0.255 e. The van der Waals surface area contributed by atoms with E-state index >= 15 is 0 Å². The summed E-state index contributed by atoms with van der Waals surface area (Å²) >= 11 is 3.67. The molecule has 0 saturated carbocycles. The molecule has 1 aliphatic rings. The Morgan fingerprint density at radius 3 is 2.30 bits per heavy atom. The number of benzene rings is 1. The van der Waals surface area contributed by atoms with Crippen molar-refractivity contribution < 1.29 is 14.3 Å². The van der Waals surface area contributed by atoms with Crippen molar-refractivity contribution in [2.24, 2.45) is 5.41 Å². The van der Waals surface area contributed by atoms with Gasteiger partial charge in [0.2, 0.25) is 0 Å². The monoisotopic (exact) mass is 384 g/mol. The summed E-state index contributed by atoms with van der Waals surface area (Å²) in [6.07, 6.45) is 0. The minimum atomic E-state index is -0.147. The van der Waals surface area contributed by atoms with E-state index in [2.05, 4.69) is 34.7 Å². The quantitative estimate of drug-likeness (QED) is 0.558. The van der Waals surface area contributed by atoms with Gasteiger partial charge in [-0.2, -0.15) is 0 Å². The summed E-state index contributed by atoms with van der Waals surface area (Å²) in [5.74, 6) is 1.24. The van der Waals surface area contributed by atoms with Gasteiger partial charge in [0, 0.05) is 24.2 Å². The normalized spacial score (nSPS) is 17.7. The molecular weight excluding hydrogens is 360 g/mol. The molecule has 6 heteroatoms. The number of carbonyl (C=O) groups excluding carboxylic acids is 1. The van der Waals surface area contributed by atoms with Crippen LogP contribution in [0.25, 0.3) is 0 Å². The molecular formula is C17H25BrN2O3. The Balaban J connectivity index is 2.32. The summed E-state index contributed by atoms with van der Waals surface area (Å²) in [6, 6.07) is 3.65. The van der Waals surface area contributed by atoms with E-state index in [1.165, 1.54) is 0 Å². The van der Waals surface area contributed by atoms with Gasteiger partial charge in [0.25, 0.3) is 5.91 Å². The van der Waals surface area contributed by atoms with E-state index in [1.807, 2.05) is 25.1 Å². The third kappa shape index (κ3) is 3.63. The van der Waals surface area contributed by atoms with E-state index < -0.39 is 0 Å². The van der Waals surface area contributed by atoms with Crippen molar-refractivity contribution in [1.82, 2.24) is 9.80 Å². The van der Waals surface area contributed by atoms with Gasteiger partial charge in [-0.05, 0) is 31.6 Å². The third-order valence-electron chi connectivity index (χ3n) is 3.92.